The molecule has 7 heteroatoms. The third-order valence-electron chi connectivity index (χ3n) is 3.78. The number of carbonyl (C=O) groups is 1. The van der Waals surface area contributed by atoms with Crippen LogP contribution >= 0.6 is 11.6 Å². The number of hydrogen-bond donors (Lipinski definition) is 0. The van der Waals surface area contributed by atoms with Crippen LogP contribution in [0.25, 0.3) is 11.7 Å². The summed E-state index contributed by atoms with van der Waals surface area (Å²) in [6.07, 6.45) is 1.53. The summed E-state index contributed by atoms with van der Waals surface area (Å²) in [5.74, 6) is 1.61. The first kappa shape index (κ1) is 17.1. The molecule has 0 spiro atoms. The van der Waals surface area contributed by atoms with Gasteiger partial charge in [-0.15, -0.1) is 10.2 Å². The topological polar surface area (TPSA) is 78.4 Å². The minimum Gasteiger partial charge on any atom is -0.484 e. The van der Waals surface area contributed by atoms with Gasteiger partial charge in [0, 0.05) is 16.1 Å². The van der Waals surface area contributed by atoms with Gasteiger partial charge in [-0.1, -0.05) is 11.6 Å². The van der Waals surface area contributed by atoms with E-state index in [0.717, 1.165) is 0 Å². The fourth-order valence-electron chi connectivity index (χ4n) is 2.43. The smallest absolute Gasteiger partial charge is 0.283 e. The zero-order chi connectivity index (χ0) is 18.6. The largest absolute Gasteiger partial charge is 0.484 e. The molecule has 0 saturated carbocycles. The van der Waals surface area contributed by atoms with Crippen molar-refractivity contribution in [2.75, 3.05) is 0 Å². The molecule has 2 heterocycles. The fraction of sp³-hybridized carbons (Fsp3) is 0.0500. The lowest BCUT2D eigenvalue weighted by atomic mass is 10.0. The molecule has 0 atom stereocenters. The molecule has 0 aliphatic carbocycles. The summed E-state index contributed by atoms with van der Waals surface area (Å²) in [6.45, 7) is 0.109. The highest BCUT2D eigenvalue weighted by Crippen LogP contribution is 2.20. The number of halogens is 1. The first-order chi connectivity index (χ1) is 13.2. The summed E-state index contributed by atoms with van der Waals surface area (Å²) in [4.78, 5) is 12.4. The van der Waals surface area contributed by atoms with E-state index in [2.05, 4.69) is 10.2 Å². The highest BCUT2D eigenvalue weighted by molar-refractivity contribution is 6.30. The van der Waals surface area contributed by atoms with Crippen molar-refractivity contribution in [3.05, 3.63) is 89.0 Å². The van der Waals surface area contributed by atoms with Crippen LogP contribution in [0.2, 0.25) is 5.02 Å². The van der Waals surface area contributed by atoms with Crippen molar-refractivity contribution < 1.29 is 18.4 Å². The third kappa shape index (κ3) is 3.91. The average Bonchev–Trinajstić information content (AvgIpc) is 3.38. The Morgan fingerprint density at radius 2 is 1.67 bits per heavy atom. The second kappa shape index (κ2) is 7.47. The van der Waals surface area contributed by atoms with Gasteiger partial charge < -0.3 is 13.6 Å². The number of furan rings is 1. The van der Waals surface area contributed by atoms with Gasteiger partial charge in [-0.05, 0) is 60.7 Å². The number of ketones is 1. The zero-order valence-corrected chi connectivity index (χ0v) is 14.7. The molecule has 134 valence electrons. The molecule has 4 aromatic rings. The molecular formula is C20H13ClN2O4. The molecule has 0 aliphatic heterocycles. The highest BCUT2D eigenvalue weighted by atomic mass is 35.5. The van der Waals surface area contributed by atoms with Gasteiger partial charge in [0.25, 0.3) is 11.8 Å². The summed E-state index contributed by atoms with van der Waals surface area (Å²) in [6, 6.07) is 17.1. The Morgan fingerprint density at radius 3 is 2.33 bits per heavy atom. The van der Waals surface area contributed by atoms with Crippen LogP contribution in [0.4, 0.5) is 0 Å². The Hall–Kier alpha value is -3.38. The van der Waals surface area contributed by atoms with Crippen LogP contribution in [-0.4, -0.2) is 16.0 Å². The number of ether oxygens (including phenoxy) is 1. The molecule has 2 aromatic carbocycles. The molecule has 0 fully saturated rings. The normalized spacial score (nSPS) is 10.7. The van der Waals surface area contributed by atoms with E-state index >= 15 is 0 Å². The number of hydrogen-bond acceptors (Lipinski definition) is 6. The number of nitrogens with zero attached hydrogens (tertiary/aromatic N) is 2. The zero-order valence-electron chi connectivity index (χ0n) is 14.0. The maximum Gasteiger partial charge on any atom is 0.283 e. The van der Waals surface area contributed by atoms with Gasteiger partial charge >= 0.3 is 0 Å². The molecular weight excluding hydrogens is 368 g/mol. The minimum atomic E-state index is -0.0850. The van der Waals surface area contributed by atoms with Crippen LogP contribution < -0.4 is 4.74 Å². The van der Waals surface area contributed by atoms with Gasteiger partial charge in [0.15, 0.2) is 18.2 Å². The summed E-state index contributed by atoms with van der Waals surface area (Å²) < 4.78 is 16.3. The average molecular weight is 381 g/mol. The van der Waals surface area contributed by atoms with E-state index in [4.69, 9.17) is 25.2 Å². The highest BCUT2D eigenvalue weighted by Gasteiger charge is 2.12. The molecule has 4 rings (SSSR count). The number of benzene rings is 2. The van der Waals surface area contributed by atoms with Gasteiger partial charge in [0.05, 0.1) is 6.26 Å². The van der Waals surface area contributed by atoms with E-state index in [1.54, 1.807) is 60.7 Å². The van der Waals surface area contributed by atoms with E-state index in [1.807, 2.05) is 0 Å². The van der Waals surface area contributed by atoms with E-state index in [1.165, 1.54) is 6.26 Å². The lowest BCUT2D eigenvalue weighted by Gasteiger charge is -2.05. The summed E-state index contributed by atoms with van der Waals surface area (Å²) in [5, 5.41) is 8.41. The molecule has 27 heavy (non-hydrogen) atoms. The maximum absolute atomic E-state index is 12.4. The van der Waals surface area contributed by atoms with Crippen molar-refractivity contribution in [2.24, 2.45) is 0 Å². The van der Waals surface area contributed by atoms with Crippen molar-refractivity contribution in [3.8, 4) is 17.4 Å². The van der Waals surface area contributed by atoms with Crippen LogP contribution in [0, 0.1) is 0 Å². The molecule has 0 radical (unpaired) electrons. The predicted molar refractivity (Wildman–Crippen MR) is 97.7 cm³/mol. The second-order valence-electron chi connectivity index (χ2n) is 5.63. The van der Waals surface area contributed by atoms with Crippen LogP contribution in [0.5, 0.6) is 5.75 Å². The molecule has 0 N–H and O–H groups in total. The first-order valence-electron chi connectivity index (χ1n) is 8.08. The van der Waals surface area contributed by atoms with Crippen molar-refractivity contribution in [1.29, 1.82) is 0 Å². The van der Waals surface area contributed by atoms with Crippen LogP contribution in [-0.2, 0) is 6.61 Å². The second-order valence-corrected chi connectivity index (χ2v) is 6.06. The Bertz CT molecular complexity index is 1040. The molecule has 0 bridgehead atoms. The quantitative estimate of drug-likeness (QED) is 0.447. The van der Waals surface area contributed by atoms with Crippen LogP contribution in [0.3, 0.4) is 0 Å². The van der Waals surface area contributed by atoms with Gasteiger partial charge in [-0.3, -0.25) is 4.79 Å². The number of carbonyl (C=O) groups excluding carboxylic acids is 1. The lowest BCUT2D eigenvalue weighted by molar-refractivity contribution is 0.103. The predicted octanol–water partition coefficient (Wildman–Crippen LogP) is 4.79. The standard InChI is InChI=1S/C20H13ClN2O4/c21-15-7-3-13(4-8-15)19(24)14-5-9-16(10-6-14)26-12-18-22-23-20(27-18)17-2-1-11-25-17/h1-11H,12H2. The van der Waals surface area contributed by atoms with E-state index < -0.39 is 0 Å². The van der Waals surface area contributed by atoms with Gasteiger partial charge in [-0.25, -0.2) is 0 Å². The lowest BCUT2D eigenvalue weighted by Crippen LogP contribution is -2.01. The number of aromatic nitrogens is 2. The summed E-state index contributed by atoms with van der Waals surface area (Å²) >= 11 is 5.85. The Labute approximate surface area is 159 Å². The Kier molecular flexibility index (Phi) is 4.72. The van der Waals surface area contributed by atoms with E-state index in [-0.39, 0.29) is 12.4 Å². The van der Waals surface area contributed by atoms with Crippen LogP contribution in [0.1, 0.15) is 21.8 Å². The van der Waals surface area contributed by atoms with E-state index in [9.17, 15) is 4.79 Å². The van der Waals surface area contributed by atoms with Crippen LogP contribution in [0.15, 0.2) is 75.8 Å². The fourth-order valence-corrected chi connectivity index (χ4v) is 2.55. The van der Waals surface area contributed by atoms with Crippen molar-refractivity contribution in [3.63, 3.8) is 0 Å². The maximum atomic E-state index is 12.4. The van der Waals surface area contributed by atoms with Crippen molar-refractivity contribution >= 4 is 17.4 Å². The molecule has 0 aliphatic rings. The SMILES string of the molecule is O=C(c1ccc(Cl)cc1)c1ccc(OCc2nnc(-c3ccco3)o2)cc1. The van der Waals surface area contributed by atoms with Crippen molar-refractivity contribution in [2.45, 2.75) is 6.61 Å². The third-order valence-corrected chi connectivity index (χ3v) is 4.04. The van der Waals surface area contributed by atoms with Gasteiger partial charge in [0.2, 0.25) is 0 Å². The van der Waals surface area contributed by atoms with Gasteiger partial charge in [-0.2, -0.15) is 0 Å². The Balaban J connectivity index is 1.39. The minimum absolute atomic E-state index is 0.0850. The molecule has 0 saturated heterocycles. The van der Waals surface area contributed by atoms with E-state index in [0.29, 0.717) is 39.4 Å². The number of rotatable bonds is 6. The molecule has 0 unspecified atom stereocenters. The molecule has 0 amide bonds. The molecule has 6 nitrogen and oxygen atoms in total. The molecule has 2 aromatic heterocycles. The summed E-state index contributed by atoms with van der Waals surface area (Å²) in [5.41, 5.74) is 1.13. The first-order valence-corrected chi connectivity index (χ1v) is 8.46. The monoisotopic (exact) mass is 380 g/mol. The van der Waals surface area contributed by atoms with Gasteiger partial charge in [0.1, 0.15) is 5.75 Å². The Morgan fingerprint density at radius 1 is 0.963 bits per heavy atom. The van der Waals surface area contributed by atoms with Crippen molar-refractivity contribution in [1.82, 2.24) is 10.2 Å². The summed E-state index contributed by atoms with van der Waals surface area (Å²) in [7, 11) is 0.